The van der Waals surface area contributed by atoms with Crippen LogP contribution in [0.5, 0.6) is 0 Å². The minimum atomic E-state index is -4.71. The first kappa shape index (κ1) is 19.0. The summed E-state index contributed by atoms with van der Waals surface area (Å²) in [5, 5.41) is 12.8. The fourth-order valence-corrected chi connectivity index (χ4v) is 2.71. The number of benzene rings is 2. The van der Waals surface area contributed by atoms with Crippen LogP contribution in [0.1, 0.15) is 26.3 Å². The van der Waals surface area contributed by atoms with E-state index in [1.165, 1.54) is 6.07 Å². The zero-order valence-corrected chi connectivity index (χ0v) is 13.8. The summed E-state index contributed by atoms with van der Waals surface area (Å²) >= 11 is 0. The molecular weight excluding hydrogens is 383 g/mol. The maximum Gasteiger partial charge on any atom is 0.418 e. The van der Waals surface area contributed by atoms with Crippen molar-refractivity contribution in [3.8, 4) is 0 Å². The standard InChI is InChI=1S/C17H10F3N3O5/c18-17(19,20)12-3-1-2-4-13(12)21-14(24)8-22-15(25)10-6-5-9(23(27)28)7-11(10)16(22)26/h1-7H,8H2,(H,21,24). The first-order valence-corrected chi connectivity index (χ1v) is 7.70. The number of nitro groups is 1. The third-order valence-corrected chi connectivity index (χ3v) is 3.97. The van der Waals surface area contributed by atoms with Crippen molar-refractivity contribution in [3.05, 3.63) is 69.3 Å². The number of anilines is 1. The highest BCUT2D eigenvalue weighted by molar-refractivity contribution is 6.23. The smallest absolute Gasteiger partial charge is 0.324 e. The molecule has 1 N–H and O–H groups in total. The minimum Gasteiger partial charge on any atom is -0.324 e. The normalized spacial score (nSPS) is 13.5. The number of nitrogens with one attached hydrogen (secondary N) is 1. The molecule has 1 aliphatic rings. The number of amides is 3. The SMILES string of the molecule is O=C(CN1C(=O)c2ccc([N+](=O)[O-])cc2C1=O)Nc1ccccc1C(F)(F)F. The largest absolute Gasteiger partial charge is 0.418 e. The maximum absolute atomic E-state index is 13.0. The number of imide groups is 1. The zero-order valence-electron chi connectivity index (χ0n) is 13.8. The lowest BCUT2D eigenvalue weighted by atomic mass is 10.1. The van der Waals surface area contributed by atoms with Crippen LogP contribution in [-0.2, 0) is 11.0 Å². The minimum absolute atomic E-state index is 0.126. The molecule has 8 nitrogen and oxygen atoms in total. The Morgan fingerprint density at radius 1 is 1.07 bits per heavy atom. The van der Waals surface area contributed by atoms with E-state index in [-0.39, 0.29) is 11.1 Å². The molecule has 0 aromatic heterocycles. The highest BCUT2D eigenvalue weighted by Gasteiger charge is 2.38. The second-order valence-corrected chi connectivity index (χ2v) is 5.77. The molecule has 0 saturated heterocycles. The van der Waals surface area contributed by atoms with Gasteiger partial charge in [0.05, 0.1) is 27.3 Å². The number of nitro benzene ring substituents is 1. The lowest BCUT2D eigenvalue weighted by Crippen LogP contribution is -2.37. The predicted molar refractivity (Wildman–Crippen MR) is 88.5 cm³/mol. The molecule has 0 spiro atoms. The Hall–Kier alpha value is -3.76. The van der Waals surface area contributed by atoms with Gasteiger partial charge in [-0.25, -0.2) is 0 Å². The van der Waals surface area contributed by atoms with E-state index >= 15 is 0 Å². The van der Waals surface area contributed by atoms with Crippen LogP contribution < -0.4 is 5.32 Å². The highest BCUT2D eigenvalue weighted by atomic mass is 19.4. The van der Waals surface area contributed by atoms with Crippen molar-refractivity contribution in [1.29, 1.82) is 0 Å². The van der Waals surface area contributed by atoms with Crippen LogP contribution >= 0.6 is 0 Å². The van der Waals surface area contributed by atoms with Crippen molar-refractivity contribution < 1.29 is 32.5 Å². The number of carbonyl (C=O) groups is 3. The monoisotopic (exact) mass is 393 g/mol. The second kappa shape index (κ2) is 6.76. The lowest BCUT2D eigenvalue weighted by molar-refractivity contribution is -0.384. The van der Waals surface area contributed by atoms with E-state index in [2.05, 4.69) is 0 Å². The Bertz CT molecular complexity index is 1020. The zero-order chi connectivity index (χ0) is 20.6. The van der Waals surface area contributed by atoms with Gasteiger partial charge in [0, 0.05) is 12.1 Å². The molecule has 28 heavy (non-hydrogen) atoms. The molecule has 0 bridgehead atoms. The number of rotatable bonds is 4. The molecular formula is C17H10F3N3O5. The van der Waals surface area contributed by atoms with Crippen LogP contribution in [0.2, 0.25) is 0 Å². The van der Waals surface area contributed by atoms with Gasteiger partial charge in [-0.3, -0.25) is 29.4 Å². The third kappa shape index (κ3) is 3.41. The summed E-state index contributed by atoms with van der Waals surface area (Å²) in [7, 11) is 0. The first-order chi connectivity index (χ1) is 13.1. The van der Waals surface area contributed by atoms with Crippen molar-refractivity contribution >= 4 is 29.1 Å². The summed E-state index contributed by atoms with van der Waals surface area (Å²) in [6, 6.07) is 7.27. The Morgan fingerprint density at radius 2 is 1.71 bits per heavy atom. The molecule has 0 unspecified atom stereocenters. The number of carbonyl (C=O) groups excluding carboxylic acids is 3. The third-order valence-electron chi connectivity index (χ3n) is 3.97. The van der Waals surface area contributed by atoms with Crippen molar-refractivity contribution in [2.45, 2.75) is 6.18 Å². The quantitative estimate of drug-likeness (QED) is 0.488. The number of nitrogens with zero attached hydrogens (tertiary/aromatic N) is 2. The summed E-state index contributed by atoms with van der Waals surface area (Å²) in [5.74, 6) is -2.84. The van der Waals surface area contributed by atoms with E-state index in [0.717, 1.165) is 36.4 Å². The first-order valence-electron chi connectivity index (χ1n) is 7.70. The number of hydrogen-bond acceptors (Lipinski definition) is 5. The Morgan fingerprint density at radius 3 is 2.36 bits per heavy atom. The Kier molecular flexibility index (Phi) is 4.59. The lowest BCUT2D eigenvalue weighted by Gasteiger charge is -2.16. The van der Waals surface area contributed by atoms with Crippen molar-refractivity contribution in [3.63, 3.8) is 0 Å². The van der Waals surface area contributed by atoms with Crippen LogP contribution in [0.15, 0.2) is 42.5 Å². The van der Waals surface area contributed by atoms with Crippen LogP contribution in [0.4, 0.5) is 24.5 Å². The summed E-state index contributed by atoms with van der Waals surface area (Å²) in [4.78, 5) is 47.3. The van der Waals surface area contributed by atoms with Gasteiger partial charge in [0.25, 0.3) is 17.5 Å². The van der Waals surface area contributed by atoms with E-state index < -0.39 is 52.3 Å². The van der Waals surface area contributed by atoms with E-state index in [1.54, 1.807) is 0 Å². The van der Waals surface area contributed by atoms with Gasteiger partial charge in [0.1, 0.15) is 6.54 Å². The van der Waals surface area contributed by atoms with Crippen LogP contribution in [0.25, 0.3) is 0 Å². The number of alkyl halides is 3. The van der Waals surface area contributed by atoms with Gasteiger partial charge in [0.2, 0.25) is 5.91 Å². The summed E-state index contributed by atoms with van der Waals surface area (Å²) in [6.07, 6.45) is -4.71. The molecule has 3 rings (SSSR count). The van der Waals surface area contributed by atoms with Crippen molar-refractivity contribution in [2.75, 3.05) is 11.9 Å². The van der Waals surface area contributed by atoms with Crippen LogP contribution in [0, 0.1) is 10.1 Å². The number of fused-ring (bicyclic) bond motifs is 1. The number of halogens is 3. The second-order valence-electron chi connectivity index (χ2n) is 5.77. The van der Waals surface area contributed by atoms with Crippen LogP contribution in [-0.4, -0.2) is 34.1 Å². The molecule has 2 aromatic rings. The van der Waals surface area contributed by atoms with E-state index in [9.17, 15) is 37.7 Å². The molecule has 2 aromatic carbocycles. The van der Waals surface area contributed by atoms with Crippen LogP contribution in [0.3, 0.4) is 0 Å². The van der Waals surface area contributed by atoms with E-state index in [1.807, 2.05) is 5.32 Å². The van der Waals surface area contributed by atoms with Gasteiger partial charge in [-0.2, -0.15) is 13.2 Å². The summed E-state index contributed by atoms with van der Waals surface area (Å²) in [5.41, 5.74) is -2.39. The Balaban J connectivity index is 1.80. The van der Waals surface area contributed by atoms with Gasteiger partial charge >= 0.3 is 6.18 Å². The molecule has 0 radical (unpaired) electrons. The maximum atomic E-state index is 13.0. The molecule has 0 aliphatic carbocycles. The molecule has 144 valence electrons. The predicted octanol–water partition coefficient (Wildman–Crippen LogP) is 2.85. The average molecular weight is 393 g/mol. The van der Waals surface area contributed by atoms with Gasteiger partial charge in [-0.1, -0.05) is 12.1 Å². The van der Waals surface area contributed by atoms with Crippen molar-refractivity contribution in [1.82, 2.24) is 4.90 Å². The number of non-ortho nitro benzene ring substituents is 1. The number of hydrogen-bond donors (Lipinski definition) is 1. The van der Waals surface area contributed by atoms with Gasteiger partial charge in [-0.15, -0.1) is 0 Å². The van der Waals surface area contributed by atoms with Gasteiger partial charge in [-0.05, 0) is 18.2 Å². The fourth-order valence-electron chi connectivity index (χ4n) is 2.71. The van der Waals surface area contributed by atoms with Gasteiger partial charge in [0.15, 0.2) is 0 Å². The molecule has 1 heterocycles. The highest BCUT2D eigenvalue weighted by Crippen LogP contribution is 2.34. The molecule has 0 atom stereocenters. The topological polar surface area (TPSA) is 110 Å². The summed E-state index contributed by atoms with van der Waals surface area (Å²) < 4.78 is 39.0. The molecule has 3 amide bonds. The summed E-state index contributed by atoms with van der Waals surface area (Å²) in [6.45, 7) is -0.841. The van der Waals surface area contributed by atoms with E-state index in [0.29, 0.717) is 4.90 Å². The Labute approximate surface area is 154 Å². The number of para-hydroxylation sites is 1. The average Bonchev–Trinajstić information content (AvgIpc) is 2.85. The molecule has 0 fully saturated rings. The molecule has 1 aliphatic heterocycles. The van der Waals surface area contributed by atoms with E-state index in [4.69, 9.17) is 0 Å². The molecule has 0 saturated carbocycles. The van der Waals surface area contributed by atoms with Crippen molar-refractivity contribution in [2.24, 2.45) is 0 Å². The molecule has 11 heteroatoms. The fraction of sp³-hybridized carbons (Fsp3) is 0.118. The van der Waals surface area contributed by atoms with Gasteiger partial charge < -0.3 is 5.32 Å².